The van der Waals surface area contributed by atoms with Crippen LogP contribution in [0.2, 0.25) is 0 Å². The largest absolute Gasteiger partial charge is 0.497 e. The summed E-state index contributed by atoms with van der Waals surface area (Å²) in [4.78, 5) is 11.8. The molecule has 0 spiro atoms. The van der Waals surface area contributed by atoms with Gasteiger partial charge in [-0.3, -0.25) is 4.79 Å². The number of hydrogen-bond acceptors (Lipinski definition) is 7. The number of rotatable bonds is 5. The van der Waals surface area contributed by atoms with Gasteiger partial charge in [0.25, 0.3) is 5.91 Å². The minimum absolute atomic E-state index is 0.00349. The average molecular weight is 374 g/mol. The smallest absolute Gasteiger partial charge is 0.495 e. The van der Waals surface area contributed by atoms with Gasteiger partial charge < -0.3 is 24.5 Å². The highest BCUT2D eigenvalue weighted by Crippen LogP contribution is 2.39. The molecule has 1 aliphatic rings. The molecular weight excluding hydrogens is 351 g/mol. The molecule has 3 rings (SSSR count). The third-order valence-electron chi connectivity index (χ3n) is 5.09. The molecule has 0 saturated carbocycles. The van der Waals surface area contributed by atoms with Gasteiger partial charge in [-0.25, -0.2) is 0 Å². The lowest BCUT2D eigenvalue weighted by Gasteiger charge is -2.32. The summed E-state index contributed by atoms with van der Waals surface area (Å²) in [6.45, 7) is 7.81. The lowest BCUT2D eigenvalue weighted by atomic mass is 9.74. The van der Waals surface area contributed by atoms with Gasteiger partial charge in [0.1, 0.15) is 17.2 Å². The molecule has 10 heteroatoms. The Morgan fingerprint density at radius 3 is 2.26 bits per heavy atom. The number of methoxy groups -OCH3 is 2. The molecule has 144 valence electrons. The predicted octanol–water partition coefficient (Wildman–Crippen LogP) is 0.887. The van der Waals surface area contributed by atoms with E-state index >= 15 is 0 Å². The molecule has 2 aromatic rings. The summed E-state index contributed by atoms with van der Waals surface area (Å²) in [6, 6.07) is 3.45. The Morgan fingerprint density at radius 2 is 1.74 bits per heavy atom. The summed E-state index contributed by atoms with van der Waals surface area (Å²) in [6.07, 6.45) is 0. The number of nitrogens with two attached hydrogens (primary N) is 1. The topological polar surface area (TPSA) is 122 Å². The number of primary amides is 1. The van der Waals surface area contributed by atoms with E-state index in [9.17, 15) is 4.79 Å². The van der Waals surface area contributed by atoms with E-state index in [4.69, 9.17) is 24.5 Å². The van der Waals surface area contributed by atoms with Gasteiger partial charge in [-0.2, -0.15) is 15.4 Å². The molecule has 1 aromatic heterocycles. The maximum absolute atomic E-state index is 11.8. The molecule has 0 atom stereocenters. The quantitative estimate of drug-likeness (QED) is 0.746. The second-order valence-corrected chi connectivity index (χ2v) is 7.27. The molecule has 0 radical (unpaired) electrons. The average Bonchev–Trinajstić information content (AvgIpc) is 3.16. The normalized spacial score (nSPS) is 17.8. The van der Waals surface area contributed by atoms with E-state index in [1.54, 1.807) is 19.2 Å². The number of carbonyl (C=O) groups excluding carboxylic acids is 1. The molecule has 27 heavy (non-hydrogen) atoms. The third kappa shape index (κ3) is 3.15. The molecule has 3 N–H and O–H groups in total. The molecule has 1 aromatic carbocycles. The van der Waals surface area contributed by atoms with Gasteiger partial charge >= 0.3 is 7.12 Å². The van der Waals surface area contributed by atoms with Gasteiger partial charge in [0.15, 0.2) is 5.69 Å². The van der Waals surface area contributed by atoms with E-state index in [0.29, 0.717) is 22.5 Å². The van der Waals surface area contributed by atoms with Gasteiger partial charge in [0.05, 0.1) is 25.4 Å². The second-order valence-electron chi connectivity index (χ2n) is 7.27. The number of ether oxygens (including phenoxy) is 2. The number of H-pyrrole nitrogens is 1. The van der Waals surface area contributed by atoms with Crippen LogP contribution in [0.25, 0.3) is 11.3 Å². The molecule has 0 unspecified atom stereocenters. The fourth-order valence-electron chi connectivity index (χ4n) is 2.88. The molecule has 0 bridgehead atoms. The first-order chi connectivity index (χ1) is 12.6. The van der Waals surface area contributed by atoms with Gasteiger partial charge in [-0.15, -0.1) is 0 Å². The lowest BCUT2D eigenvalue weighted by molar-refractivity contribution is 0.00578. The number of aromatic amines is 1. The van der Waals surface area contributed by atoms with Crippen molar-refractivity contribution in [2.24, 2.45) is 5.73 Å². The molecule has 1 fully saturated rings. The van der Waals surface area contributed by atoms with E-state index in [1.807, 2.05) is 27.7 Å². The summed E-state index contributed by atoms with van der Waals surface area (Å²) in [7, 11) is 2.33. The second kappa shape index (κ2) is 6.54. The fraction of sp³-hybridized carbons (Fsp3) is 0.471. The minimum Gasteiger partial charge on any atom is -0.497 e. The van der Waals surface area contributed by atoms with Gasteiger partial charge in [-0.1, -0.05) is 0 Å². The highest BCUT2D eigenvalue weighted by atomic mass is 16.7. The van der Waals surface area contributed by atoms with E-state index in [-0.39, 0.29) is 11.4 Å². The van der Waals surface area contributed by atoms with Gasteiger partial charge in [0, 0.05) is 11.6 Å². The maximum Gasteiger partial charge on any atom is 0.495 e. The van der Waals surface area contributed by atoms with E-state index in [0.717, 1.165) is 0 Å². The molecule has 0 aliphatic carbocycles. The van der Waals surface area contributed by atoms with Crippen LogP contribution in [-0.2, 0) is 9.31 Å². The van der Waals surface area contributed by atoms with Crippen LogP contribution in [0.3, 0.4) is 0 Å². The van der Waals surface area contributed by atoms with Crippen LogP contribution in [0.4, 0.5) is 0 Å². The first-order valence-electron chi connectivity index (χ1n) is 8.43. The molecule has 1 saturated heterocycles. The van der Waals surface area contributed by atoms with Gasteiger partial charge in [0.2, 0.25) is 0 Å². The summed E-state index contributed by atoms with van der Waals surface area (Å²) in [5.41, 5.74) is 5.69. The number of benzene rings is 1. The van der Waals surface area contributed by atoms with Crippen LogP contribution >= 0.6 is 0 Å². The Kier molecular flexibility index (Phi) is 4.65. The Bertz CT molecular complexity index is 864. The van der Waals surface area contributed by atoms with Crippen molar-refractivity contribution in [3.05, 3.63) is 17.8 Å². The van der Waals surface area contributed by atoms with Crippen LogP contribution in [0, 0.1) is 0 Å². The van der Waals surface area contributed by atoms with Gasteiger partial charge in [-0.05, 0) is 39.2 Å². The molecule has 9 nitrogen and oxygen atoms in total. The highest BCUT2D eigenvalue weighted by Gasteiger charge is 2.53. The molecule has 1 aliphatic heterocycles. The predicted molar refractivity (Wildman–Crippen MR) is 99.2 cm³/mol. The van der Waals surface area contributed by atoms with Crippen LogP contribution in [0.15, 0.2) is 12.1 Å². The first kappa shape index (κ1) is 19.2. The monoisotopic (exact) mass is 374 g/mol. The van der Waals surface area contributed by atoms with Crippen molar-refractivity contribution in [3.8, 4) is 22.8 Å². The van der Waals surface area contributed by atoms with Crippen LogP contribution in [0.1, 0.15) is 38.2 Å². The lowest BCUT2D eigenvalue weighted by Crippen LogP contribution is -2.41. The summed E-state index contributed by atoms with van der Waals surface area (Å²) < 4.78 is 23.3. The number of nitrogens with zero attached hydrogens (tertiary/aromatic N) is 2. The highest BCUT2D eigenvalue weighted by molar-refractivity contribution is 6.64. The molecule has 1 amide bonds. The van der Waals surface area contributed by atoms with E-state index in [2.05, 4.69) is 15.4 Å². The van der Waals surface area contributed by atoms with E-state index in [1.165, 1.54) is 7.11 Å². The number of nitrogens with one attached hydrogen (secondary N) is 1. The summed E-state index contributed by atoms with van der Waals surface area (Å²) >= 11 is 0. The van der Waals surface area contributed by atoms with Crippen molar-refractivity contribution in [2.45, 2.75) is 38.9 Å². The Labute approximate surface area is 157 Å². The van der Waals surface area contributed by atoms with Crippen molar-refractivity contribution in [2.75, 3.05) is 14.2 Å². The first-order valence-corrected chi connectivity index (χ1v) is 8.43. The van der Waals surface area contributed by atoms with Crippen molar-refractivity contribution in [3.63, 3.8) is 0 Å². The Balaban J connectivity index is 2.24. The van der Waals surface area contributed by atoms with Crippen molar-refractivity contribution < 1.29 is 23.6 Å². The minimum atomic E-state index is -0.730. The van der Waals surface area contributed by atoms with Crippen LogP contribution in [-0.4, -0.2) is 53.9 Å². The maximum atomic E-state index is 11.8. The number of hydrogen-bond donors (Lipinski definition) is 2. The number of aromatic nitrogens is 3. The summed E-state index contributed by atoms with van der Waals surface area (Å²) in [5.74, 6) is 0.261. The van der Waals surface area contributed by atoms with Crippen molar-refractivity contribution in [1.29, 1.82) is 0 Å². The SMILES string of the molecule is COc1cc(OC)c(-c2n[nH]nc2C(N)=O)c(B2OC(C)(C)C(C)(C)O2)c1. The zero-order valence-corrected chi connectivity index (χ0v) is 16.2. The van der Waals surface area contributed by atoms with Crippen molar-refractivity contribution in [1.82, 2.24) is 15.4 Å². The third-order valence-corrected chi connectivity index (χ3v) is 5.09. The van der Waals surface area contributed by atoms with Crippen LogP contribution in [0.5, 0.6) is 11.5 Å². The Hall–Kier alpha value is -2.59. The van der Waals surface area contributed by atoms with Crippen molar-refractivity contribution >= 4 is 18.5 Å². The molecular formula is C17H23BN4O5. The standard InChI is InChI=1S/C17H23BN4O5/c1-16(2)17(3,4)27-18(26-16)10-7-9(24-5)8-11(25-6)12(10)13-14(15(19)23)21-22-20-13/h7-8H,1-6H3,(H2,19,23)(H,20,21,22). The number of carbonyl (C=O) groups is 1. The molecule has 2 heterocycles. The zero-order valence-electron chi connectivity index (χ0n) is 16.2. The zero-order chi connectivity index (χ0) is 20.0. The Morgan fingerprint density at radius 1 is 1.11 bits per heavy atom. The van der Waals surface area contributed by atoms with Crippen LogP contribution < -0.4 is 20.7 Å². The summed E-state index contributed by atoms with van der Waals surface area (Å²) in [5, 5.41) is 10.4. The number of amides is 1. The van der Waals surface area contributed by atoms with E-state index < -0.39 is 24.2 Å². The fourth-order valence-corrected chi connectivity index (χ4v) is 2.88.